The number of carbonyl (C=O) groups is 1. The molecule has 0 aromatic carbocycles. The van der Waals surface area contributed by atoms with Crippen molar-refractivity contribution in [3.8, 4) is 0 Å². The lowest BCUT2D eigenvalue weighted by Crippen LogP contribution is -2.37. The Morgan fingerprint density at radius 1 is 1.50 bits per heavy atom. The Balaban J connectivity index is 1.54. The first-order valence-corrected chi connectivity index (χ1v) is 6.82. The zero-order chi connectivity index (χ0) is 12.6. The highest BCUT2D eigenvalue weighted by molar-refractivity contribution is 5.76. The van der Waals surface area contributed by atoms with Crippen LogP contribution in [0.3, 0.4) is 0 Å². The van der Waals surface area contributed by atoms with Gasteiger partial charge in [0.2, 0.25) is 5.91 Å². The minimum atomic E-state index is 0.131. The van der Waals surface area contributed by atoms with Crippen LogP contribution >= 0.6 is 0 Å². The van der Waals surface area contributed by atoms with Gasteiger partial charge in [0.1, 0.15) is 0 Å². The van der Waals surface area contributed by atoms with Gasteiger partial charge in [-0.3, -0.25) is 9.89 Å². The van der Waals surface area contributed by atoms with Crippen molar-refractivity contribution in [3.05, 3.63) is 18.0 Å². The number of H-pyrrole nitrogens is 1. The van der Waals surface area contributed by atoms with Crippen LogP contribution < -0.4 is 10.6 Å². The first-order chi connectivity index (χ1) is 8.84. The summed E-state index contributed by atoms with van der Waals surface area (Å²) < 4.78 is 0. The van der Waals surface area contributed by atoms with Crippen LogP contribution in [0.25, 0.3) is 0 Å². The highest BCUT2D eigenvalue weighted by Crippen LogP contribution is 2.09. The fourth-order valence-corrected chi connectivity index (χ4v) is 2.32. The third-order valence-electron chi connectivity index (χ3n) is 3.42. The quantitative estimate of drug-likeness (QED) is 0.705. The van der Waals surface area contributed by atoms with Crippen LogP contribution in [0.2, 0.25) is 0 Å². The lowest BCUT2D eigenvalue weighted by atomic mass is 10.0. The smallest absolute Gasteiger partial charge is 0.220 e. The highest BCUT2D eigenvalue weighted by Gasteiger charge is 2.12. The summed E-state index contributed by atoms with van der Waals surface area (Å²) in [7, 11) is 0. The van der Waals surface area contributed by atoms with Gasteiger partial charge in [0.15, 0.2) is 0 Å². The molecule has 0 bridgehead atoms. The Hall–Kier alpha value is -1.36. The number of amides is 1. The summed E-state index contributed by atoms with van der Waals surface area (Å²) in [5.41, 5.74) is 1.08. The number of hydrogen-bond donors (Lipinski definition) is 3. The van der Waals surface area contributed by atoms with Crippen molar-refractivity contribution in [2.75, 3.05) is 13.1 Å². The van der Waals surface area contributed by atoms with Gasteiger partial charge in [-0.2, -0.15) is 5.10 Å². The van der Waals surface area contributed by atoms with Crippen LogP contribution in [0.4, 0.5) is 0 Å². The van der Waals surface area contributed by atoms with Gasteiger partial charge >= 0.3 is 0 Å². The fraction of sp³-hybridized carbons (Fsp3) is 0.692. The zero-order valence-corrected chi connectivity index (χ0v) is 10.7. The van der Waals surface area contributed by atoms with E-state index < -0.39 is 0 Å². The van der Waals surface area contributed by atoms with Crippen LogP contribution in [-0.4, -0.2) is 35.2 Å². The summed E-state index contributed by atoms with van der Waals surface area (Å²) in [6.07, 6.45) is 9.77. The molecule has 2 rings (SSSR count). The van der Waals surface area contributed by atoms with E-state index in [1.165, 1.54) is 19.3 Å². The molecule has 1 aliphatic rings. The molecule has 100 valence electrons. The maximum Gasteiger partial charge on any atom is 0.220 e. The van der Waals surface area contributed by atoms with Crippen LogP contribution in [-0.2, 0) is 11.2 Å². The Morgan fingerprint density at radius 2 is 2.44 bits per heavy atom. The summed E-state index contributed by atoms with van der Waals surface area (Å²) in [5, 5.41) is 13.1. The summed E-state index contributed by atoms with van der Waals surface area (Å²) in [5.74, 6) is 0.131. The lowest BCUT2D eigenvalue weighted by molar-refractivity contribution is -0.121. The van der Waals surface area contributed by atoms with Crippen molar-refractivity contribution in [1.82, 2.24) is 20.8 Å². The molecule has 18 heavy (non-hydrogen) atoms. The second kappa shape index (κ2) is 7.16. The summed E-state index contributed by atoms with van der Waals surface area (Å²) in [6.45, 7) is 1.90. The predicted molar refractivity (Wildman–Crippen MR) is 70.2 cm³/mol. The number of nitrogens with one attached hydrogen (secondary N) is 3. The molecule has 0 spiro atoms. The first kappa shape index (κ1) is 13.1. The Morgan fingerprint density at radius 3 is 3.17 bits per heavy atom. The molecule has 1 amide bonds. The third kappa shape index (κ3) is 4.49. The summed E-state index contributed by atoms with van der Waals surface area (Å²) in [4.78, 5) is 11.6. The van der Waals surface area contributed by atoms with Crippen LogP contribution in [0.1, 0.15) is 37.7 Å². The summed E-state index contributed by atoms with van der Waals surface area (Å²) in [6, 6.07) is 0.591. The number of carbonyl (C=O) groups excluding carboxylic acids is 1. The molecule has 1 aromatic heterocycles. The van der Waals surface area contributed by atoms with E-state index in [1.807, 2.05) is 6.20 Å². The van der Waals surface area contributed by atoms with E-state index >= 15 is 0 Å². The topological polar surface area (TPSA) is 69.8 Å². The van der Waals surface area contributed by atoms with Gasteiger partial charge in [0.25, 0.3) is 0 Å². The largest absolute Gasteiger partial charge is 0.356 e. The summed E-state index contributed by atoms with van der Waals surface area (Å²) >= 11 is 0. The van der Waals surface area contributed by atoms with E-state index in [9.17, 15) is 4.79 Å². The van der Waals surface area contributed by atoms with Crippen molar-refractivity contribution >= 4 is 5.91 Å². The first-order valence-electron chi connectivity index (χ1n) is 6.82. The number of aromatic amines is 1. The minimum absolute atomic E-state index is 0.131. The number of hydrogen-bond acceptors (Lipinski definition) is 3. The SMILES string of the molecule is O=C(CCc1cn[nH]c1)NCCC1CCCCN1. The Bertz CT molecular complexity index is 344. The fourth-order valence-electron chi connectivity index (χ4n) is 2.32. The van der Waals surface area contributed by atoms with Gasteiger partial charge in [-0.25, -0.2) is 0 Å². The molecule has 0 aliphatic carbocycles. The predicted octanol–water partition coefficient (Wildman–Crippen LogP) is 0.991. The maximum absolute atomic E-state index is 11.6. The second-order valence-corrected chi connectivity index (χ2v) is 4.89. The standard InChI is InChI=1S/C13H22N4O/c18-13(5-4-11-9-16-17-10-11)15-8-6-12-3-1-2-7-14-12/h9-10,12,14H,1-8H2,(H,15,18)(H,16,17). The van der Waals surface area contributed by atoms with Gasteiger partial charge in [0, 0.05) is 25.2 Å². The van der Waals surface area contributed by atoms with Gasteiger partial charge in [-0.15, -0.1) is 0 Å². The zero-order valence-electron chi connectivity index (χ0n) is 10.7. The van der Waals surface area contributed by atoms with Gasteiger partial charge in [-0.05, 0) is 37.8 Å². The molecule has 5 heteroatoms. The molecule has 2 heterocycles. The lowest BCUT2D eigenvalue weighted by Gasteiger charge is -2.23. The molecule has 1 unspecified atom stereocenters. The Kier molecular flexibility index (Phi) is 5.20. The van der Waals surface area contributed by atoms with Crippen molar-refractivity contribution in [2.45, 2.75) is 44.6 Å². The molecule has 3 N–H and O–H groups in total. The van der Waals surface area contributed by atoms with Gasteiger partial charge < -0.3 is 10.6 Å². The number of aromatic nitrogens is 2. The van der Waals surface area contributed by atoms with E-state index in [0.717, 1.165) is 31.5 Å². The van der Waals surface area contributed by atoms with E-state index in [1.54, 1.807) is 6.20 Å². The number of rotatable bonds is 6. The monoisotopic (exact) mass is 250 g/mol. The molecule has 0 radical (unpaired) electrons. The normalized spacial score (nSPS) is 19.7. The van der Waals surface area contributed by atoms with Gasteiger partial charge in [0.05, 0.1) is 6.20 Å². The van der Waals surface area contributed by atoms with Crippen molar-refractivity contribution in [1.29, 1.82) is 0 Å². The van der Waals surface area contributed by atoms with Gasteiger partial charge in [-0.1, -0.05) is 6.42 Å². The number of nitrogens with zero attached hydrogens (tertiary/aromatic N) is 1. The molecule has 1 fully saturated rings. The molecular weight excluding hydrogens is 228 g/mol. The van der Waals surface area contributed by atoms with Crippen LogP contribution in [0, 0.1) is 0 Å². The van der Waals surface area contributed by atoms with E-state index in [0.29, 0.717) is 12.5 Å². The molecule has 0 saturated carbocycles. The van der Waals surface area contributed by atoms with Crippen molar-refractivity contribution in [3.63, 3.8) is 0 Å². The molecular formula is C13H22N4O. The van der Waals surface area contributed by atoms with E-state index in [4.69, 9.17) is 0 Å². The Labute approximate surface area is 108 Å². The molecule has 1 aromatic rings. The van der Waals surface area contributed by atoms with Crippen molar-refractivity contribution < 1.29 is 4.79 Å². The molecule has 1 aliphatic heterocycles. The van der Waals surface area contributed by atoms with Crippen molar-refractivity contribution in [2.24, 2.45) is 0 Å². The maximum atomic E-state index is 11.6. The van der Waals surface area contributed by atoms with Crippen LogP contribution in [0.15, 0.2) is 12.4 Å². The average Bonchev–Trinajstić information content (AvgIpc) is 2.91. The number of aryl methyl sites for hydroxylation is 1. The van der Waals surface area contributed by atoms with E-state index in [-0.39, 0.29) is 5.91 Å². The minimum Gasteiger partial charge on any atom is -0.356 e. The highest BCUT2D eigenvalue weighted by atomic mass is 16.1. The number of piperidine rings is 1. The molecule has 1 atom stereocenters. The third-order valence-corrected chi connectivity index (χ3v) is 3.42. The average molecular weight is 250 g/mol. The molecule has 1 saturated heterocycles. The van der Waals surface area contributed by atoms with E-state index in [2.05, 4.69) is 20.8 Å². The van der Waals surface area contributed by atoms with Crippen LogP contribution in [0.5, 0.6) is 0 Å². The second-order valence-electron chi connectivity index (χ2n) is 4.89. The molecule has 5 nitrogen and oxygen atoms in total.